The van der Waals surface area contributed by atoms with E-state index < -0.39 is 0 Å². The molecule has 0 atom stereocenters. The Bertz CT molecular complexity index is 531. The molecular weight excluding hydrogens is 262 g/mol. The van der Waals surface area contributed by atoms with Gasteiger partial charge in [-0.05, 0) is 18.2 Å². The first kappa shape index (κ1) is 15.0. The van der Waals surface area contributed by atoms with E-state index in [2.05, 4.69) is 5.32 Å². The molecule has 3 N–H and O–H groups in total. The van der Waals surface area contributed by atoms with Crippen molar-refractivity contribution in [1.82, 2.24) is 0 Å². The Balaban J connectivity index is 0.00000180. The fourth-order valence-corrected chi connectivity index (χ4v) is 1.65. The second-order valence-electron chi connectivity index (χ2n) is 4.04. The molecule has 2 aromatic rings. The summed E-state index contributed by atoms with van der Waals surface area (Å²) < 4.78 is 1.97. The van der Waals surface area contributed by atoms with Crippen LogP contribution in [0.1, 0.15) is 6.42 Å². The van der Waals surface area contributed by atoms with Crippen LogP contribution in [0.3, 0.4) is 0 Å². The predicted octanol–water partition coefficient (Wildman–Crippen LogP) is -1.41. The Hall–Kier alpha value is -2.07. The van der Waals surface area contributed by atoms with E-state index >= 15 is 0 Å². The molecule has 0 saturated heterocycles. The molecule has 0 aliphatic carbocycles. The zero-order chi connectivity index (χ0) is 12.8. The van der Waals surface area contributed by atoms with Crippen LogP contribution in [0.25, 0.3) is 0 Å². The molecule has 1 aromatic carbocycles. The molecule has 0 radical (unpaired) electrons. The van der Waals surface area contributed by atoms with Gasteiger partial charge in [-0.3, -0.25) is 4.79 Å². The maximum Gasteiger partial charge on any atom is 0.230 e. The number of aryl methyl sites for hydroxylation is 1. The molecule has 19 heavy (non-hydrogen) atoms. The highest BCUT2D eigenvalue weighted by molar-refractivity contribution is 5.90. The van der Waals surface area contributed by atoms with E-state index in [1.165, 1.54) is 0 Å². The number of nitrogens with zero attached hydrogens (tertiary/aromatic N) is 1. The molecule has 4 nitrogen and oxygen atoms in total. The van der Waals surface area contributed by atoms with Crippen LogP contribution in [0.15, 0.2) is 54.9 Å². The number of amides is 1. The minimum absolute atomic E-state index is 0. The van der Waals surface area contributed by atoms with E-state index in [-0.39, 0.29) is 18.3 Å². The first-order valence-corrected chi connectivity index (χ1v) is 5.83. The number of hydrogen-bond acceptors (Lipinski definition) is 2. The maximum absolute atomic E-state index is 11.7. The molecule has 0 aliphatic heterocycles. The number of carbonyl (C=O) groups is 1. The van der Waals surface area contributed by atoms with Crippen LogP contribution in [-0.4, -0.2) is 5.91 Å². The quantitative estimate of drug-likeness (QED) is 0.533. The Morgan fingerprint density at radius 3 is 2.58 bits per heavy atom. The lowest BCUT2D eigenvalue weighted by atomic mass is 10.2. The van der Waals surface area contributed by atoms with Crippen molar-refractivity contribution in [2.24, 2.45) is 0 Å². The second kappa shape index (κ2) is 7.38. The lowest BCUT2D eigenvalue weighted by molar-refractivity contribution is -0.695. The topological polar surface area (TPSA) is 59.0 Å². The van der Waals surface area contributed by atoms with Gasteiger partial charge in [0.05, 0.1) is 6.42 Å². The molecular formula is C14H16ClN3O. The van der Waals surface area contributed by atoms with E-state index in [0.717, 1.165) is 5.69 Å². The summed E-state index contributed by atoms with van der Waals surface area (Å²) in [4.78, 5) is 11.7. The van der Waals surface area contributed by atoms with Gasteiger partial charge in [-0.1, -0.05) is 12.1 Å². The number of rotatable bonds is 4. The van der Waals surface area contributed by atoms with Crippen LogP contribution < -0.4 is 28.0 Å². The van der Waals surface area contributed by atoms with Crippen molar-refractivity contribution < 1.29 is 21.8 Å². The summed E-state index contributed by atoms with van der Waals surface area (Å²) in [6.07, 6.45) is 4.31. The molecule has 0 unspecified atom stereocenters. The molecule has 1 heterocycles. The number of anilines is 2. The highest BCUT2D eigenvalue weighted by Crippen LogP contribution is 2.11. The number of halogens is 1. The second-order valence-corrected chi connectivity index (χ2v) is 4.04. The fourth-order valence-electron chi connectivity index (χ4n) is 1.65. The van der Waals surface area contributed by atoms with Gasteiger partial charge in [-0.15, -0.1) is 0 Å². The summed E-state index contributed by atoms with van der Waals surface area (Å²) in [5.41, 5.74) is 7.02. The van der Waals surface area contributed by atoms with Crippen LogP contribution in [0.4, 0.5) is 11.4 Å². The molecule has 5 heteroatoms. The number of nitrogens with two attached hydrogens (primary N) is 1. The van der Waals surface area contributed by atoms with E-state index in [1.807, 2.05) is 47.3 Å². The summed E-state index contributed by atoms with van der Waals surface area (Å²) in [6, 6.07) is 13.0. The smallest absolute Gasteiger partial charge is 0.230 e. The van der Waals surface area contributed by atoms with Crippen molar-refractivity contribution >= 4 is 17.3 Å². The SMILES string of the molecule is Nc1cccc(NC(=O)CC[n+]2ccccc2)c1.[Cl-]. The Labute approximate surface area is 118 Å². The van der Waals surface area contributed by atoms with Crippen molar-refractivity contribution in [3.8, 4) is 0 Å². The van der Waals surface area contributed by atoms with Gasteiger partial charge >= 0.3 is 0 Å². The fraction of sp³-hybridized carbons (Fsp3) is 0.143. The highest BCUT2D eigenvalue weighted by Gasteiger charge is 2.06. The van der Waals surface area contributed by atoms with Crippen LogP contribution in [0.2, 0.25) is 0 Å². The average molecular weight is 278 g/mol. The molecule has 100 valence electrons. The molecule has 0 spiro atoms. The summed E-state index contributed by atoms with van der Waals surface area (Å²) >= 11 is 0. The zero-order valence-electron chi connectivity index (χ0n) is 10.4. The molecule has 2 rings (SSSR count). The first-order valence-electron chi connectivity index (χ1n) is 5.83. The maximum atomic E-state index is 11.7. The number of aromatic nitrogens is 1. The highest BCUT2D eigenvalue weighted by atomic mass is 35.5. The molecule has 0 fully saturated rings. The van der Waals surface area contributed by atoms with Gasteiger partial charge in [0.2, 0.25) is 5.91 Å². The largest absolute Gasteiger partial charge is 1.00 e. The molecule has 0 saturated carbocycles. The lowest BCUT2D eigenvalue weighted by Crippen LogP contribution is -3.00. The van der Waals surface area contributed by atoms with Gasteiger partial charge < -0.3 is 23.5 Å². The van der Waals surface area contributed by atoms with Crippen molar-refractivity contribution in [2.45, 2.75) is 13.0 Å². The number of hydrogen-bond donors (Lipinski definition) is 2. The van der Waals surface area contributed by atoms with Gasteiger partial charge in [0.25, 0.3) is 0 Å². The summed E-state index contributed by atoms with van der Waals surface area (Å²) in [5, 5.41) is 2.82. The zero-order valence-corrected chi connectivity index (χ0v) is 11.2. The van der Waals surface area contributed by atoms with Crippen molar-refractivity contribution in [1.29, 1.82) is 0 Å². The van der Waals surface area contributed by atoms with Crippen LogP contribution in [0.5, 0.6) is 0 Å². The Morgan fingerprint density at radius 1 is 1.16 bits per heavy atom. The molecule has 1 aromatic heterocycles. The molecule has 0 bridgehead atoms. The van der Waals surface area contributed by atoms with Crippen LogP contribution in [0, 0.1) is 0 Å². The summed E-state index contributed by atoms with van der Waals surface area (Å²) in [5.74, 6) is -0.0167. The molecule has 1 amide bonds. The van der Waals surface area contributed by atoms with Crippen molar-refractivity contribution in [2.75, 3.05) is 11.1 Å². The Morgan fingerprint density at radius 2 is 1.89 bits per heavy atom. The van der Waals surface area contributed by atoms with Gasteiger partial charge in [-0.2, -0.15) is 0 Å². The number of carbonyl (C=O) groups excluding carboxylic acids is 1. The number of pyridine rings is 1. The van der Waals surface area contributed by atoms with E-state index in [1.54, 1.807) is 12.1 Å². The summed E-state index contributed by atoms with van der Waals surface area (Å²) in [6.45, 7) is 0.662. The van der Waals surface area contributed by atoms with Crippen molar-refractivity contribution in [3.05, 3.63) is 54.9 Å². The predicted molar refractivity (Wildman–Crippen MR) is 70.7 cm³/mol. The standard InChI is InChI=1S/C14H15N3O.ClH/c15-12-5-4-6-13(11-12)16-14(18)7-10-17-8-2-1-3-9-17;/h1-6,8-9,11H,7,10,15H2;1H. The summed E-state index contributed by atoms with van der Waals surface area (Å²) in [7, 11) is 0. The van der Waals surface area contributed by atoms with E-state index in [0.29, 0.717) is 18.7 Å². The van der Waals surface area contributed by atoms with Crippen LogP contribution >= 0.6 is 0 Å². The first-order chi connectivity index (χ1) is 8.74. The lowest BCUT2D eigenvalue weighted by Gasteiger charge is -2.04. The third-order valence-corrected chi connectivity index (χ3v) is 2.54. The van der Waals surface area contributed by atoms with Gasteiger partial charge in [-0.25, -0.2) is 4.57 Å². The normalized spacial score (nSPS) is 9.47. The number of nitrogens with one attached hydrogen (secondary N) is 1. The third-order valence-electron chi connectivity index (χ3n) is 2.54. The third kappa shape index (κ3) is 4.97. The monoisotopic (exact) mass is 277 g/mol. The van der Waals surface area contributed by atoms with Crippen molar-refractivity contribution in [3.63, 3.8) is 0 Å². The Kier molecular flexibility index (Phi) is 5.82. The van der Waals surface area contributed by atoms with E-state index in [4.69, 9.17) is 5.73 Å². The minimum atomic E-state index is -0.0167. The minimum Gasteiger partial charge on any atom is -1.00 e. The number of nitrogen functional groups attached to an aromatic ring is 1. The van der Waals surface area contributed by atoms with Gasteiger partial charge in [0.1, 0.15) is 0 Å². The van der Waals surface area contributed by atoms with E-state index in [9.17, 15) is 4.79 Å². The molecule has 0 aliphatic rings. The van der Waals surface area contributed by atoms with Gasteiger partial charge in [0, 0.05) is 23.5 Å². The number of benzene rings is 1. The average Bonchev–Trinajstić information content (AvgIpc) is 2.38. The van der Waals surface area contributed by atoms with Crippen LogP contribution in [-0.2, 0) is 11.3 Å². The van der Waals surface area contributed by atoms with Gasteiger partial charge in [0.15, 0.2) is 18.9 Å².